The van der Waals surface area contributed by atoms with Crippen LogP contribution in [0, 0.1) is 5.92 Å². The van der Waals surface area contributed by atoms with Crippen LogP contribution in [-0.2, 0) is 14.3 Å². The minimum Gasteiger partial charge on any atom is -0.378 e. The van der Waals surface area contributed by atoms with Crippen LogP contribution in [0.25, 0.3) is 0 Å². The molecular formula is C13H25ClN2O3. The van der Waals surface area contributed by atoms with E-state index in [1.165, 1.54) is 12.8 Å². The number of rotatable bonds is 8. The van der Waals surface area contributed by atoms with Crippen LogP contribution in [0.2, 0.25) is 0 Å². The van der Waals surface area contributed by atoms with Crippen molar-refractivity contribution in [3.63, 3.8) is 0 Å². The van der Waals surface area contributed by atoms with Gasteiger partial charge in [0.05, 0.1) is 19.3 Å². The lowest BCUT2D eigenvalue weighted by Gasteiger charge is -2.16. The van der Waals surface area contributed by atoms with Crippen LogP contribution in [0.3, 0.4) is 0 Å². The first-order chi connectivity index (χ1) is 8.79. The molecule has 0 spiro atoms. The number of halogens is 1. The second-order valence-electron chi connectivity index (χ2n) is 5.21. The summed E-state index contributed by atoms with van der Waals surface area (Å²) in [5.74, 6) is 0.649. The van der Waals surface area contributed by atoms with Crippen molar-refractivity contribution in [2.75, 3.05) is 26.4 Å². The molecule has 1 saturated carbocycles. The Balaban J connectivity index is 0.00000180. The van der Waals surface area contributed by atoms with Gasteiger partial charge in [0.15, 0.2) is 0 Å². The molecule has 0 aromatic carbocycles. The zero-order chi connectivity index (χ0) is 12.8. The average Bonchev–Trinajstić information content (AvgIpc) is 3.08. The summed E-state index contributed by atoms with van der Waals surface area (Å²) in [6.45, 7) is 2.45. The van der Waals surface area contributed by atoms with E-state index >= 15 is 0 Å². The highest BCUT2D eigenvalue weighted by atomic mass is 35.5. The molecule has 1 amide bonds. The molecule has 0 radical (unpaired) electrons. The van der Waals surface area contributed by atoms with Crippen molar-refractivity contribution in [3.05, 3.63) is 0 Å². The van der Waals surface area contributed by atoms with Crippen LogP contribution in [0.4, 0.5) is 0 Å². The lowest BCUT2D eigenvalue weighted by Crippen LogP contribution is -2.42. The van der Waals surface area contributed by atoms with Crippen molar-refractivity contribution >= 4 is 18.3 Å². The number of hydrogen-bond acceptors (Lipinski definition) is 4. The van der Waals surface area contributed by atoms with E-state index in [0.717, 1.165) is 19.4 Å². The molecule has 0 bridgehead atoms. The highest BCUT2D eigenvalue weighted by Crippen LogP contribution is 2.32. The summed E-state index contributed by atoms with van der Waals surface area (Å²) < 4.78 is 10.9. The summed E-state index contributed by atoms with van der Waals surface area (Å²) >= 11 is 0. The number of nitrogens with one attached hydrogen (secondary N) is 1. The third-order valence-electron chi connectivity index (χ3n) is 3.59. The SMILES string of the molecule is Cl.NCC(NC(=O)CCOCC1CCCO1)C1CC1. The smallest absolute Gasteiger partial charge is 0.222 e. The van der Waals surface area contributed by atoms with Crippen LogP contribution in [0.5, 0.6) is 0 Å². The summed E-state index contributed by atoms with van der Waals surface area (Å²) in [5, 5.41) is 2.98. The highest BCUT2D eigenvalue weighted by Gasteiger charge is 2.31. The Bertz CT molecular complexity index is 269. The van der Waals surface area contributed by atoms with Gasteiger partial charge in [-0.2, -0.15) is 0 Å². The van der Waals surface area contributed by atoms with Crippen molar-refractivity contribution in [2.24, 2.45) is 11.7 Å². The predicted molar refractivity (Wildman–Crippen MR) is 75.4 cm³/mol. The first kappa shape index (κ1) is 16.7. The Morgan fingerprint density at radius 2 is 2.21 bits per heavy atom. The fourth-order valence-corrected chi connectivity index (χ4v) is 2.30. The second kappa shape index (κ2) is 8.74. The summed E-state index contributed by atoms with van der Waals surface area (Å²) in [5.41, 5.74) is 5.64. The van der Waals surface area contributed by atoms with Gasteiger partial charge in [0.2, 0.25) is 5.91 Å². The minimum atomic E-state index is 0. The largest absolute Gasteiger partial charge is 0.378 e. The molecule has 2 fully saturated rings. The minimum absolute atomic E-state index is 0. The Morgan fingerprint density at radius 3 is 2.79 bits per heavy atom. The normalized spacial score (nSPS) is 23.7. The van der Waals surface area contributed by atoms with Gasteiger partial charge in [-0.05, 0) is 31.6 Å². The van der Waals surface area contributed by atoms with Crippen molar-refractivity contribution in [1.29, 1.82) is 0 Å². The first-order valence-corrected chi connectivity index (χ1v) is 6.98. The van der Waals surface area contributed by atoms with Crippen LogP contribution < -0.4 is 11.1 Å². The maximum atomic E-state index is 11.7. The van der Waals surface area contributed by atoms with Crippen LogP contribution in [0.1, 0.15) is 32.1 Å². The Hall–Kier alpha value is -0.360. The topological polar surface area (TPSA) is 73.6 Å². The van der Waals surface area contributed by atoms with Gasteiger partial charge in [0.1, 0.15) is 0 Å². The molecule has 1 heterocycles. The van der Waals surface area contributed by atoms with Gasteiger partial charge in [-0.3, -0.25) is 4.79 Å². The van der Waals surface area contributed by atoms with Gasteiger partial charge in [-0.25, -0.2) is 0 Å². The summed E-state index contributed by atoms with van der Waals surface area (Å²) in [7, 11) is 0. The molecule has 1 saturated heterocycles. The Kier molecular flexibility index (Phi) is 7.68. The predicted octanol–water partition coefficient (Wildman–Crippen LogP) is 0.847. The monoisotopic (exact) mass is 292 g/mol. The molecule has 112 valence electrons. The zero-order valence-corrected chi connectivity index (χ0v) is 12.1. The summed E-state index contributed by atoms with van der Waals surface area (Å²) in [6.07, 6.45) is 5.22. The molecule has 5 nitrogen and oxygen atoms in total. The van der Waals surface area contributed by atoms with Crippen molar-refractivity contribution in [3.8, 4) is 0 Å². The molecule has 1 aliphatic carbocycles. The van der Waals surface area contributed by atoms with Crippen LogP contribution in [0.15, 0.2) is 0 Å². The number of amides is 1. The lowest BCUT2D eigenvalue weighted by molar-refractivity contribution is -0.123. The van der Waals surface area contributed by atoms with E-state index in [-0.39, 0.29) is 30.5 Å². The molecule has 3 N–H and O–H groups in total. The standard InChI is InChI=1S/C13H24N2O3.ClH/c14-8-12(10-3-4-10)15-13(16)5-7-17-9-11-2-1-6-18-11;/h10-12H,1-9,14H2,(H,15,16);1H. The number of ether oxygens (including phenoxy) is 2. The fourth-order valence-electron chi connectivity index (χ4n) is 2.30. The quantitative estimate of drug-likeness (QED) is 0.651. The first-order valence-electron chi connectivity index (χ1n) is 6.98. The molecule has 2 rings (SSSR count). The van der Waals surface area contributed by atoms with Crippen molar-refractivity contribution in [2.45, 2.75) is 44.2 Å². The van der Waals surface area contributed by atoms with Gasteiger partial charge < -0.3 is 20.5 Å². The molecular weight excluding hydrogens is 268 g/mol. The third-order valence-corrected chi connectivity index (χ3v) is 3.59. The molecule has 1 aliphatic heterocycles. The lowest BCUT2D eigenvalue weighted by atomic mass is 10.2. The van der Waals surface area contributed by atoms with Crippen LogP contribution >= 0.6 is 12.4 Å². The maximum Gasteiger partial charge on any atom is 0.222 e. The van der Waals surface area contributed by atoms with Gasteiger partial charge >= 0.3 is 0 Å². The second-order valence-corrected chi connectivity index (χ2v) is 5.21. The van der Waals surface area contributed by atoms with E-state index in [0.29, 0.717) is 32.1 Å². The van der Waals surface area contributed by atoms with Gasteiger partial charge in [-0.1, -0.05) is 0 Å². The van der Waals surface area contributed by atoms with Crippen LogP contribution in [-0.4, -0.2) is 44.4 Å². The highest BCUT2D eigenvalue weighted by molar-refractivity contribution is 5.85. The maximum absolute atomic E-state index is 11.7. The van der Waals surface area contributed by atoms with E-state index < -0.39 is 0 Å². The van der Waals surface area contributed by atoms with E-state index in [4.69, 9.17) is 15.2 Å². The van der Waals surface area contributed by atoms with Crippen molar-refractivity contribution < 1.29 is 14.3 Å². The summed E-state index contributed by atoms with van der Waals surface area (Å²) in [4.78, 5) is 11.7. The Labute approximate surface area is 121 Å². The third kappa shape index (κ3) is 6.08. The zero-order valence-electron chi connectivity index (χ0n) is 11.3. The molecule has 2 atom stereocenters. The van der Waals surface area contributed by atoms with Gasteiger partial charge in [-0.15, -0.1) is 12.4 Å². The van der Waals surface area contributed by atoms with E-state index in [1.54, 1.807) is 0 Å². The van der Waals surface area contributed by atoms with E-state index in [2.05, 4.69) is 5.32 Å². The van der Waals surface area contributed by atoms with Crippen molar-refractivity contribution in [1.82, 2.24) is 5.32 Å². The van der Waals surface area contributed by atoms with Gasteiger partial charge in [0.25, 0.3) is 0 Å². The molecule has 2 aliphatic rings. The number of nitrogens with two attached hydrogens (primary N) is 1. The van der Waals surface area contributed by atoms with Gasteiger partial charge in [0, 0.05) is 25.6 Å². The molecule has 0 aromatic heterocycles. The van der Waals surface area contributed by atoms with E-state index in [1.807, 2.05) is 0 Å². The molecule has 19 heavy (non-hydrogen) atoms. The van der Waals surface area contributed by atoms with E-state index in [9.17, 15) is 4.79 Å². The number of hydrogen-bond donors (Lipinski definition) is 2. The number of carbonyl (C=O) groups is 1. The number of carbonyl (C=O) groups excluding carboxylic acids is 1. The molecule has 2 unspecified atom stereocenters. The molecule has 0 aromatic rings. The average molecular weight is 293 g/mol. The molecule has 6 heteroatoms. The Morgan fingerprint density at radius 1 is 1.42 bits per heavy atom. The fraction of sp³-hybridized carbons (Fsp3) is 0.923. The summed E-state index contributed by atoms with van der Waals surface area (Å²) in [6, 6.07) is 0.163.